The zero-order chi connectivity index (χ0) is 10.1. The molecule has 6 heteroatoms. The Morgan fingerprint density at radius 3 is 2.54 bits per heavy atom. The predicted molar refractivity (Wildman–Crippen MR) is 40.1 cm³/mol. The summed E-state index contributed by atoms with van der Waals surface area (Å²) in [6.45, 7) is 1.11. The Hall–Kier alpha value is -0.780. The molecule has 1 unspecified atom stereocenters. The number of hydrogen-bond donors (Lipinski definition) is 1. The molecule has 0 aromatic carbocycles. The fourth-order valence-corrected chi connectivity index (χ4v) is 1.34. The van der Waals surface area contributed by atoms with E-state index >= 15 is 0 Å². The molecule has 0 spiro atoms. The number of amides is 1. The SMILES string of the molecule is CN(C(=O)C(F)(F)F)C1CCNC1. The average Bonchev–Trinajstić information content (AvgIpc) is 2.51. The van der Waals surface area contributed by atoms with Crippen molar-refractivity contribution in [2.75, 3.05) is 20.1 Å². The predicted octanol–water partition coefficient (Wildman–Crippen LogP) is 0.369. The summed E-state index contributed by atoms with van der Waals surface area (Å²) in [6.07, 6.45) is -4.17. The number of nitrogens with one attached hydrogen (secondary N) is 1. The van der Waals surface area contributed by atoms with Crippen LogP contribution in [0.1, 0.15) is 6.42 Å². The van der Waals surface area contributed by atoms with E-state index in [-0.39, 0.29) is 6.04 Å². The highest BCUT2D eigenvalue weighted by atomic mass is 19.4. The van der Waals surface area contributed by atoms with E-state index in [2.05, 4.69) is 5.32 Å². The number of hydrogen-bond acceptors (Lipinski definition) is 2. The molecule has 76 valence electrons. The van der Waals surface area contributed by atoms with Gasteiger partial charge >= 0.3 is 12.1 Å². The van der Waals surface area contributed by atoms with Gasteiger partial charge in [0, 0.05) is 19.6 Å². The first-order valence-electron chi connectivity index (χ1n) is 3.97. The van der Waals surface area contributed by atoms with Crippen LogP contribution in [0.25, 0.3) is 0 Å². The Kier molecular flexibility index (Phi) is 2.80. The summed E-state index contributed by atoms with van der Waals surface area (Å²) in [6, 6.07) is -0.325. The lowest BCUT2D eigenvalue weighted by atomic mass is 10.2. The molecule has 1 heterocycles. The highest BCUT2D eigenvalue weighted by Crippen LogP contribution is 2.20. The van der Waals surface area contributed by atoms with Crippen molar-refractivity contribution in [1.29, 1.82) is 0 Å². The van der Waals surface area contributed by atoms with Gasteiger partial charge in [0.2, 0.25) is 0 Å². The molecule has 3 nitrogen and oxygen atoms in total. The molecule has 1 aliphatic rings. The second kappa shape index (κ2) is 3.53. The van der Waals surface area contributed by atoms with Crippen molar-refractivity contribution < 1.29 is 18.0 Å². The quantitative estimate of drug-likeness (QED) is 0.657. The maximum Gasteiger partial charge on any atom is 0.471 e. The Balaban J connectivity index is 2.56. The maximum absolute atomic E-state index is 11.9. The summed E-state index contributed by atoms with van der Waals surface area (Å²) in [5.41, 5.74) is 0. The topological polar surface area (TPSA) is 32.3 Å². The third kappa shape index (κ3) is 2.33. The highest BCUT2D eigenvalue weighted by molar-refractivity contribution is 5.81. The largest absolute Gasteiger partial charge is 0.471 e. The minimum atomic E-state index is -4.75. The summed E-state index contributed by atoms with van der Waals surface area (Å²) in [5.74, 6) is -1.76. The summed E-state index contributed by atoms with van der Waals surface area (Å²) >= 11 is 0. The van der Waals surface area contributed by atoms with E-state index in [9.17, 15) is 18.0 Å². The van der Waals surface area contributed by atoms with Gasteiger partial charge < -0.3 is 10.2 Å². The molecule has 13 heavy (non-hydrogen) atoms. The van der Waals surface area contributed by atoms with Crippen LogP contribution in [-0.2, 0) is 4.79 Å². The van der Waals surface area contributed by atoms with Crippen LogP contribution in [0.15, 0.2) is 0 Å². The number of carbonyl (C=O) groups is 1. The molecule has 1 amide bonds. The molecular formula is C7H11F3N2O. The van der Waals surface area contributed by atoms with Crippen LogP contribution in [0.4, 0.5) is 13.2 Å². The summed E-state index contributed by atoms with van der Waals surface area (Å²) in [4.78, 5) is 11.5. The van der Waals surface area contributed by atoms with Crippen LogP contribution in [0, 0.1) is 0 Å². The molecule has 0 aromatic heterocycles. The zero-order valence-corrected chi connectivity index (χ0v) is 7.19. The van der Waals surface area contributed by atoms with E-state index in [4.69, 9.17) is 0 Å². The highest BCUT2D eigenvalue weighted by Gasteiger charge is 2.43. The van der Waals surface area contributed by atoms with Gasteiger partial charge in [-0.25, -0.2) is 0 Å². The van der Waals surface area contributed by atoms with E-state index in [1.165, 1.54) is 7.05 Å². The fourth-order valence-electron chi connectivity index (χ4n) is 1.34. The molecule has 0 aliphatic carbocycles. The molecule has 1 aliphatic heterocycles. The first kappa shape index (κ1) is 10.3. The van der Waals surface area contributed by atoms with Crippen LogP contribution in [-0.4, -0.2) is 43.2 Å². The Labute approximate surface area is 73.9 Å². The minimum absolute atomic E-state index is 0.325. The van der Waals surface area contributed by atoms with Gasteiger partial charge in [-0.3, -0.25) is 4.79 Å². The summed E-state index contributed by atoms with van der Waals surface area (Å²) in [5, 5.41) is 2.90. The van der Waals surface area contributed by atoms with E-state index in [1.807, 2.05) is 0 Å². The van der Waals surface area contributed by atoms with Crippen molar-refractivity contribution in [3.05, 3.63) is 0 Å². The van der Waals surface area contributed by atoms with Crippen LogP contribution in [0.5, 0.6) is 0 Å². The van der Waals surface area contributed by atoms with Crippen molar-refractivity contribution >= 4 is 5.91 Å². The molecule has 0 radical (unpaired) electrons. The van der Waals surface area contributed by atoms with Crippen molar-refractivity contribution in [1.82, 2.24) is 10.2 Å². The van der Waals surface area contributed by atoms with Crippen molar-refractivity contribution in [3.8, 4) is 0 Å². The standard InChI is InChI=1S/C7H11F3N2O/c1-12(5-2-3-11-4-5)6(13)7(8,9)10/h5,11H,2-4H2,1H3. The third-order valence-corrected chi connectivity index (χ3v) is 2.14. The molecular weight excluding hydrogens is 185 g/mol. The van der Waals surface area contributed by atoms with Gasteiger partial charge in [-0.1, -0.05) is 0 Å². The van der Waals surface area contributed by atoms with Gasteiger partial charge in [0.1, 0.15) is 0 Å². The van der Waals surface area contributed by atoms with Crippen molar-refractivity contribution in [3.63, 3.8) is 0 Å². The van der Waals surface area contributed by atoms with E-state index in [0.29, 0.717) is 19.5 Å². The number of alkyl halides is 3. The van der Waals surface area contributed by atoms with Crippen molar-refractivity contribution in [2.24, 2.45) is 0 Å². The Morgan fingerprint density at radius 1 is 1.54 bits per heavy atom. The van der Waals surface area contributed by atoms with E-state index in [1.54, 1.807) is 0 Å². The molecule has 1 rings (SSSR count). The van der Waals surface area contributed by atoms with Crippen LogP contribution in [0.2, 0.25) is 0 Å². The average molecular weight is 196 g/mol. The lowest BCUT2D eigenvalue weighted by molar-refractivity contribution is -0.185. The first-order chi connectivity index (χ1) is 5.93. The fraction of sp³-hybridized carbons (Fsp3) is 0.857. The summed E-state index contributed by atoms with van der Waals surface area (Å²) in [7, 11) is 1.19. The molecule has 1 N–H and O–H groups in total. The van der Waals surface area contributed by atoms with Crippen molar-refractivity contribution in [2.45, 2.75) is 18.6 Å². The second-order valence-electron chi connectivity index (χ2n) is 3.06. The normalized spacial score (nSPS) is 23.2. The van der Waals surface area contributed by atoms with Gasteiger partial charge in [-0.15, -0.1) is 0 Å². The van der Waals surface area contributed by atoms with Gasteiger partial charge in [0.25, 0.3) is 0 Å². The molecule has 1 saturated heterocycles. The lowest BCUT2D eigenvalue weighted by Crippen LogP contribution is -2.45. The molecule has 0 saturated carbocycles. The molecule has 1 fully saturated rings. The van der Waals surface area contributed by atoms with Gasteiger partial charge in [-0.05, 0) is 13.0 Å². The zero-order valence-electron chi connectivity index (χ0n) is 7.19. The van der Waals surface area contributed by atoms with Gasteiger partial charge in [0.15, 0.2) is 0 Å². The minimum Gasteiger partial charge on any atom is -0.334 e. The number of likely N-dealkylation sites (N-methyl/N-ethyl adjacent to an activating group) is 1. The number of halogens is 3. The lowest BCUT2D eigenvalue weighted by Gasteiger charge is -2.24. The van der Waals surface area contributed by atoms with Gasteiger partial charge in [-0.2, -0.15) is 13.2 Å². The van der Waals surface area contributed by atoms with E-state index in [0.717, 1.165) is 4.90 Å². The van der Waals surface area contributed by atoms with Crippen LogP contribution >= 0.6 is 0 Å². The van der Waals surface area contributed by atoms with Gasteiger partial charge in [0.05, 0.1) is 0 Å². The Bertz CT molecular complexity index is 198. The van der Waals surface area contributed by atoms with Crippen LogP contribution in [0.3, 0.4) is 0 Å². The second-order valence-corrected chi connectivity index (χ2v) is 3.06. The summed E-state index contributed by atoms with van der Waals surface area (Å²) < 4.78 is 35.8. The molecule has 1 atom stereocenters. The monoisotopic (exact) mass is 196 g/mol. The first-order valence-corrected chi connectivity index (χ1v) is 3.97. The van der Waals surface area contributed by atoms with E-state index < -0.39 is 12.1 Å². The molecule has 0 bridgehead atoms. The number of rotatable bonds is 1. The smallest absolute Gasteiger partial charge is 0.334 e. The number of nitrogens with zero attached hydrogens (tertiary/aromatic N) is 1. The maximum atomic E-state index is 11.9. The third-order valence-electron chi connectivity index (χ3n) is 2.14. The number of carbonyl (C=O) groups excluding carboxylic acids is 1. The van der Waals surface area contributed by atoms with Crippen LogP contribution < -0.4 is 5.32 Å². The Morgan fingerprint density at radius 2 is 2.15 bits per heavy atom. The molecule has 0 aromatic rings.